The molecular weight excluding hydrogens is 400 g/mol. The molecule has 2 heterocycles. The summed E-state index contributed by atoms with van der Waals surface area (Å²) in [6.45, 7) is 3.53. The first-order valence-corrected chi connectivity index (χ1v) is 9.91. The van der Waals surface area contributed by atoms with Crippen LogP contribution in [-0.4, -0.2) is 75.3 Å². The number of urea groups is 1. The minimum absolute atomic E-state index is 0.459. The van der Waals surface area contributed by atoms with Gasteiger partial charge in [-0.1, -0.05) is 5.92 Å². The summed E-state index contributed by atoms with van der Waals surface area (Å²) < 4.78 is 1.71. The number of piperazine rings is 1. The van der Waals surface area contributed by atoms with Crippen molar-refractivity contribution in [3.63, 3.8) is 0 Å². The second-order valence-corrected chi connectivity index (χ2v) is 7.29. The maximum Gasteiger partial charge on any atom is 0.318 e. The van der Waals surface area contributed by atoms with Crippen molar-refractivity contribution in [2.75, 3.05) is 31.1 Å². The monoisotopic (exact) mass is 426 g/mol. The van der Waals surface area contributed by atoms with E-state index in [1.165, 1.54) is 12.4 Å². The molecule has 2 atom stereocenters. The zero-order valence-electron chi connectivity index (χ0n) is 17.4. The highest BCUT2D eigenvalue weighted by Crippen LogP contribution is 2.17. The van der Waals surface area contributed by atoms with Crippen molar-refractivity contribution in [2.45, 2.75) is 19.1 Å². The average molecular weight is 426 g/mol. The lowest BCUT2D eigenvalue weighted by Gasteiger charge is -2.36. The number of nitrogens with one attached hydrogen (secondary N) is 2. The number of carbonyl (C=O) groups is 2. The van der Waals surface area contributed by atoms with Gasteiger partial charge >= 0.3 is 6.03 Å². The molecule has 10 heteroatoms. The Morgan fingerprint density at radius 2 is 1.77 bits per heavy atom. The number of rotatable bonds is 4. The molecule has 31 heavy (non-hydrogen) atoms. The number of amides is 3. The Morgan fingerprint density at radius 3 is 2.32 bits per heavy atom. The summed E-state index contributed by atoms with van der Waals surface area (Å²) in [5.74, 6) is 5.25. The van der Waals surface area contributed by atoms with E-state index in [4.69, 9.17) is 5.21 Å². The van der Waals surface area contributed by atoms with E-state index in [2.05, 4.69) is 27.2 Å². The van der Waals surface area contributed by atoms with Gasteiger partial charge < -0.3 is 20.2 Å². The Kier molecular flexibility index (Phi) is 7.12. The summed E-state index contributed by atoms with van der Waals surface area (Å²) in [6.07, 6.45) is 0.704. The van der Waals surface area contributed by atoms with Gasteiger partial charge in [0.2, 0.25) is 0 Å². The molecule has 2 aromatic rings. The van der Waals surface area contributed by atoms with E-state index in [0.717, 1.165) is 16.9 Å². The first-order valence-electron chi connectivity index (χ1n) is 9.91. The molecule has 0 bridgehead atoms. The standard InChI is InChI=1S/C21H26N6O4/c1-15(28)19(20(29)24-31)22-21(30)27-13-11-26(12-14-27)18-7-4-16(5-8-18)3-6-17-9-10-25(2)23-17/h4-5,7-10,15,19,28,31H,11-14H2,1-2H3,(H,22,30)(H,24,29)/t15-,19+/m1/s1. The fraction of sp³-hybridized carbons (Fsp3) is 0.381. The van der Waals surface area contributed by atoms with Gasteiger partial charge in [-0.05, 0) is 43.2 Å². The summed E-state index contributed by atoms with van der Waals surface area (Å²) in [7, 11) is 1.85. The predicted octanol–water partition coefficient (Wildman–Crippen LogP) is -0.0937. The average Bonchev–Trinajstić information content (AvgIpc) is 3.20. The molecule has 0 spiro atoms. The molecule has 0 unspecified atom stereocenters. The Hall–Kier alpha value is -3.55. The summed E-state index contributed by atoms with van der Waals surface area (Å²) >= 11 is 0. The molecular formula is C21H26N6O4. The number of nitrogens with zero attached hydrogens (tertiary/aromatic N) is 4. The fourth-order valence-corrected chi connectivity index (χ4v) is 3.24. The zero-order chi connectivity index (χ0) is 22.4. The first-order chi connectivity index (χ1) is 14.9. The number of hydroxylamine groups is 1. The van der Waals surface area contributed by atoms with Gasteiger partial charge in [-0.15, -0.1) is 0 Å². The van der Waals surface area contributed by atoms with Gasteiger partial charge in [0.25, 0.3) is 5.91 Å². The van der Waals surface area contributed by atoms with Gasteiger partial charge in [-0.25, -0.2) is 10.3 Å². The molecule has 4 N–H and O–H groups in total. The van der Waals surface area contributed by atoms with Gasteiger partial charge in [0, 0.05) is 50.7 Å². The third kappa shape index (κ3) is 5.75. The molecule has 1 aromatic carbocycles. The number of aryl methyl sites for hydroxylation is 1. The molecule has 0 radical (unpaired) electrons. The van der Waals surface area contributed by atoms with Crippen LogP contribution in [0.15, 0.2) is 36.5 Å². The minimum atomic E-state index is -1.23. The Balaban J connectivity index is 1.54. The van der Waals surface area contributed by atoms with Gasteiger partial charge in [0.1, 0.15) is 11.7 Å². The largest absolute Gasteiger partial charge is 0.391 e. The number of benzene rings is 1. The maximum atomic E-state index is 12.4. The van der Waals surface area contributed by atoms with Crippen molar-refractivity contribution < 1.29 is 19.9 Å². The van der Waals surface area contributed by atoms with E-state index < -0.39 is 24.1 Å². The molecule has 10 nitrogen and oxygen atoms in total. The molecule has 0 aliphatic carbocycles. The highest BCUT2D eigenvalue weighted by Gasteiger charge is 2.29. The molecule has 1 fully saturated rings. The molecule has 3 amide bonds. The lowest BCUT2D eigenvalue weighted by molar-refractivity contribution is -0.133. The lowest BCUT2D eigenvalue weighted by Crippen LogP contribution is -2.58. The number of hydrogen-bond acceptors (Lipinski definition) is 6. The number of anilines is 1. The highest BCUT2D eigenvalue weighted by atomic mass is 16.5. The zero-order valence-corrected chi connectivity index (χ0v) is 17.4. The Morgan fingerprint density at radius 1 is 1.10 bits per heavy atom. The Bertz CT molecular complexity index is 968. The second-order valence-electron chi connectivity index (χ2n) is 7.29. The highest BCUT2D eigenvalue weighted by molar-refractivity contribution is 5.87. The quantitative estimate of drug-likeness (QED) is 0.308. The molecule has 1 aliphatic rings. The van der Waals surface area contributed by atoms with Crippen LogP contribution in [0.25, 0.3) is 0 Å². The van der Waals surface area contributed by atoms with Crippen LogP contribution in [0.3, 0.4) is 0 Å². The lowest BCUT2D eigenvalue weighted by atomic mass is 10.1. The van der Waals surface area contributed by atoms with Crippen LogP contribution in [0.5, 0.6) is 0 Å². The summed E-state index contributed by atoms with van der Waals surface area (Å²) in [6, 6.07) is 8.05. The van der Waals surface area contributed by atoms with Gasteiger partial charge in [-0.3, -0.25) is 14.7 Å². The molecule has 1 saturated heterocycles. The number of carbonyl (C=O) groups excluding carboxylic acids is 2. The fourth-order valence-electron chi connectivity index (χ4n) is 3.24. The first kappa shape index (κ1) is 22.1. The number of aliphatic hydroxyl groups excluding tert-OH is 1. The van der Waals surface area contributed by atoms with Crippen molar-refractivity contribution in [3.05, 3.63) is 47.8 Å². The van der Waals surface area contributed by atoms with E-state index >= 15 is 0 Å². The molecule has 0 saturated carbocycles. The molecule has 164 valence electrons. The van der Waals surface area contributed by atoms with Crippen LogP contribution in [0.1, 0.15) is 18.2 Å². The normalized spacial score (nSPS) is 15.5. The van der Waals surface area contributed by atoms with E-state index in [-0.39, 0.29) is 0 Å². The van der Waals surface area contributed by atoms with Gasteiger partial charge in [0.05, 0.1) is 6.10 Å². The summed E-state index contributed by atoms with van der Waals surface area (Å²) in [4.78, 5) is 27.7. The predicted molar refractivity (Wildman–Crippen MR) is 113 cm³/mol. The van der Waals surface area contributed by atoms with Crippen LogP contribution in [0, 0.1) is 11.8 Å². The number of aliphatic hydroxyl groups is 1. The van der Waals surface area contributed by atoms with Crippen molar-refractivity contribution in [1.82, 2.24) is 25.5 Å². The van der Waals surface area contributed by atoms with E-state index in [1.54, 1.807) is 9.58 Å². The molecule has 3 rings (SSSR count). The number of hydrogen-bond donors (Lipinski definition) is 4. The SMILES string of the molecule is C[C@@H](O)[C@H](NC(=O)N1CCN(c2ccc(C#Cc3ccn(C)n3)cc2)CC1)C(=O)NO. The van der Waals surface area contributed by atoms with Crippen LogP contribution < -0.4 is 15.7 Å². The van der Waals surface area contributed by atoms with Crippen molar-refractivity contribution in [2.24, 2.45) is 7.05 Å². The van der Waals surface area contributed by atoms with Crippen LogP contribution >= 0.6 is 0 Å². The number of aromatic nitrogens is 2. The minimum Gasteiger partial charge on any atom is -0.391 e. The molecule has 1 aromatic heterocycles. The smallest absolute Gasteiger partial charge is 0.318 e. The second kappa shape index (κ2) is 9.97. The topological polar surface area (TPSA) is 123 Å². The third-order valence-corrected chi connectivity index (χ3v) is 5.00. The van der Waals surface area contributed by atoms with Crippen LogP contribution in [0.2, 0.25) is 0 Å². The van der Waals surface area contributed by atoms with E-state index in [0.29, 0.717) is 26.2 Å². The third-order valence-electron chi connectivity index (χ3n) is 5.00. The van der Waals surface area contributed by atoms with Crippen molar-refractivity contribution in [3.8, 4) is 11.8 Å². The van der Waals surface area contributed by atoms with E-state index in [9.17, 15) is 14.7 Å². The van der Waals surface area contributed by atoms with Gasteiger partial charge in [-0.2, -0.15) is 5.10 Å². The van der Waals surface area contributed by atoms with Crippen molar-refractivity contribution >= 4 is 17.6 Å². The van der Waals surface area contributed by atoms with E-state index in [1.807, 2.05) is 43.6 Å². The summed E-state index contributed by atoms with van der Waals surface area (Å²) in [5, 5.41) is 25.1. The summed E-state index contributed by atoms with van der Waals surface area (Å²) in [5.41, 5.74) is 4.09. The van der Waals surface area contributed by atoms with Crippen molar-refractivity contribution in [1.29, 1.82) is 0 Å². The Labute approximate surface area is 180 Å². The molecule has 1 aliphatic heterocycles. The van der Waals surface area contributed by atoms with Gasteiger partial charge in [0.15, 0.2) is 0 Å². The van der Waals surface area contributed by atoms with Crippen LogP contribution in [-0.2, 0) is 11.8 Å². The maximum absolute atomic E-state index is 12.4. The van der Waals surface area contributed by atoms with Crippen LogP contribution in [0.4, 0.5) is 10.5 Å².